The van der Waals surface area contributed by atoms with E-state index in [0.29, 0.717) is 14.6 Å². The van der Waals surface area contributed by atoms with Crippen LogP contribution in [0.25, 0.3) is 10.2 Å². The number of fused-ring (bicyclic) bond motifs is 1. The van der Waals surface area contributed by atoms with Crippen molar-refractivity contribution in [3.63, 3.8) is 0 Å². The Labute approximate surface area is 212 Å². The Morgan fingerprint density at radius 3 is 2.54 bits per heavy atom. The number of halogens is 1. The number of nitro groups is 1. The molecule has 1 aliphatic heterocycles. The number of nitrogens with zero attached hydrogens (tertiary/aromatic N) is 4. The highest BCUT2D eigenvalue weighted by Crippen LogP contribution is 2.31. The molecular weight excluding hydrogens is 540 g/mol. The predicted molar refractivity (Wildman–Crippen MR) is 130 cm³/mol. The van der Waals surface area contributed by atoms with Crippen LogP contribution in [-0.4, -0.2) is 54.3 Å². The molecule has 1 fully saturated rings. The third kappa shape index (κ3) is 5.30. The molecule has 0 radical (unpaired) electrons. The van der Waals surface area contributed by atoms with Crippen molar-refractivity contribution in [2.24, 2.45) is 10.9 Å². The molecule has 1 saturated heterocycles. The fourth-order valence-corrected chi connectivity index (χ4v) is 7.87. The minimum absolute atomic E-state index is 0.123. The second-order valence-electron chi connectivity index (χ2n) is 7.64. The van der Waals surface area contributed by atoms with Crippen molar-refractivity contribution < 1.29 is 27.7 Å². The standard InChI is InChI=1S/C20H19ClN4O7S3/c1-32-17(26)11-24-14-3-2-13(25(28)29)10-15(14)33-20(24)22-19(27)12-6-8-23(9-7-12)35(30,31)18-5-4-16(21)34-18/h2-5,10,12H,6-9,11H2,1H3. The summed E-state index contributed by atoms with van der Waals surface area (Å²) < 4.78 is 34.2. The van der Waals surface area contributed by atoms with E-state index < -0.39 is 32.7 Å². The van der Waals surface area contributed by atoms with E-state index in [9.17, 15) is 28.1 Å². The highest BCUT2D eigenvalue weighted by Gasteiger charge is 2.33. The summed E-state index contributed by atoms with van der Waals surface area (Å²) in [6.07, 6.45) is 0.572. The van der Waals surface area contributed by atoms with Gasteiger partial charge in [0.2, 0.25) is 0 Å². The van der Waals surface area contributed by atoms with Gasteiger partial charge in [-0.3, -0.25) is 19.7 Å². The number of carbonyl (C=O) groups excluding carboxylic acids is 2. The first-order valence-electron chi connectivity index (χ1n) is 10.3. The van der Waals surface area contributed by atoms with Crippen LogP contribution in [0.2, 0.25) is 4.34 Å². The van der Waals surface area contributed by atoms with Crippen LogP contribution in [0.5, 0.6) is 0 Å². The van der Waals surface area contributed by atoms with E-state index >= 15 is 0 Å². The van der Waals surface area contributed by atoms with Gasteiger partial charge in [0, 0.05) is 31.1 Å². The predicted octanol–water partition coefficient (Wildman–Crippen LogP) is 3.03. The summed E-state index contributed by atoms with van der Waals surface area (Å²) in [5.74, 6) is -1.51. The first-order chi connectivity index (χ1) is 16.6. The molecule has 3 aromatic rings. The molecule has 11 nitrogen and oxygen atoms in total. The normalized spacial score (nSPS) is 16.0. The number of hydrogen-bond acceptors (Lipinski definition) is 9. The van der Waals surface area contributed by atoms with E-state index in [4.69, 9.17) is 16.3 Å². The maximum absolute atomic E-state index is 13.0. The first kappa shape index (κ1) is 25.4. The van der Waals surface area contributed by atoms with Crippen molar-refractivity contribution in [2.45, 2.75) is 23.6 Å². The number of sulfonamides is 1. The van der Waals surface area contributed by atoms with Crippen molar-refractivity contribution in [1.82, 2.24) is 8.87 Å². The Morgan fingerprint density at radius 1 is 1.23 bits per heavy atom. The molecule has 15 heteroatoms. The van der Waals surface area contributed by atoms with Crippen LogP contribution >= 0.6 is 34.3 Å². The van der Waals surface area contributed by atoms with Crippen molar-refractivity contribution in [3.8, 4) is 0 Å². The van der Waals surface area contributed by atoms with E-state index in [1.54, 1.807) is 0 Å². The monoisotopic (exact) mass is 558 g/mol. The van der Waals surface area contributed by atoms with Gasteiger partial charge < -0.3 is 9.30 Å². The van der Waals surface area contributed by atoms with E-state index in [1.807, 2.05) is 0 Å². The minimum atomic E-state index is -3.68. The van der Waals surface area contributed by atoms with Crippen LogP contribution in [0, 0.1) is 16.0 Å². The average molecular weight is 559 g/mol. The SMILES string of the molecule is COC(=O)Cn1c(=NC(=O)C2CCN(S(=O)(=O)c3ccc(Cl)s3)CC2)sc2cc([N+](=O)[O-])ccc21. The largest absolute Gasteiger partial charge is 0.468 e. The third-order valence-electron chi connectivity index (χ3n) is 5.54. The number of thiophene rings is 1. The minimum Gasteiger partial charge on any atom is -0.468 e. The molecule has 0 bridgehead atoms. The molecule has 1 aromatic carbocycles. The summed E-state index contributed by atoms with van der Waals surface area (Å²) in [7, 11) is -2.45. The lowest BCUT2D eigenvalue weighted by Crippen LogP contribution is -2.40. The number of esters is 1. The number of methoxy groups -OCH3 is 1. The number of piperidine rings is 1. The van der Waals surface area contributed by atoms with Crippen molar-refractivity contribution in [2.75, 3.05) is 20.2 Å². The third-order valence-corrected chi connectivity index (χ3v) is 10.2. The number of thiazole rings is 1. The zero-order valence-electron chi connectivity index (χ0n) is 18.2. The zero-order valence-corrected chi connectivity index (χ0v) is 21.5. The molecule has 0 spiro atoms. The van der Waals surface area contributed by atoms with Crippen LogP contribution in [-0.2, 0) is 30.9 Å². The highest BCUT2D eigenvalue weighted by molar-refractivity contribution is 7.91. The van der Waals surface area contributed by atoms with Gasteiger partial charge in [0.05, 0.1) is 26.6 Å². The smallest absolute Gasteiger partial charge is 0.325 e. The molecule has 0 saturated carbocycles. The fourth-order valence-electron chi connectivity index (χ4n) is 3.70. The maximum atomic E-state index is 13.0. The highest BCUT2D eigenvalue weighted by atomic mass is 35.5. The molecule has 1 aliphatic rings. The topological polar surface area (TPSA) is 141 Å². The molecule has 2 aromatic heterocycles. The summed E-state index contributed by atoms with van der Waals surface area (Å²) in [4.78, 5) is 39.9. The van der Waals surface area contributed by atoms with E-state index in [2.05, 4.69) is 4.99 Å². The van der Waals surface area contributed by atoms with Gasteiger partial charge in [0.15, 0.2) is 4.80 Å². The quantitative estimate of drug-likeness (QED) is 0.257. The molecule has 35 heavy (non-hydrogen) atoms. The number of carbonyl (C=O) groups is 2. The number of benzene rings is 1. The number of aromatic nitrogens is 1. The Bertz CT molecular complexity index is 1480. The van der Waals surface area contributed by atoms with E-state index in [-0.39, 0.29) is 47.2 Å². The number of hydrogen-bond donors (Lipinski definition) is 0. The van der Waals surface area contributed by atoms with Gasteiger partial charge in [-0.25, -0.2) is 8.42 Å². The lowest BCUT2D eigenvalue weighted by molar-refractivity contribution is -0.384. The van der Waals surface area contributed by atoms with Gasteiger partial charge in [-0.05, 0) is 31.0 Å². The maximum Gasteiger partial charge on any atom is 0.325 e. The molecular formula is C20H19ClN4O7S3. The number of ether oxygens (including phenoxy) is 1. The Morgan fingerprint density at radius 2 is 1.94 bits per heavy atom. The van der Waals surface area contributed by atoms with E-state index in [1.165, 1.54) is 46.3 Å². The lowest BCUT2D eigenvalue weighted by atomic mass is 9.98. The van der Waals surface area contributed by atoms with Gasteiger partial charge in [0.25, 0.3) is 21.6 Å². The number of non-ortho nitro benzene ring substituents is 1. The van der Waals surface area contributed by atoms with Crippen molar-refractivity contribution in [3.05, 3.63) is 49.6 Å². The van der Waals surface area contributed by atoms with Crippen LogP contribution in [0.4, 0.5) is 5.69 Å². The molecule has 3 heterocycles. The van der Waals surface area contributed by atoms with E-state index in [0.717, 1.165) is 22.7 Å². The Hall–Kier alpha value is -2.65. The number of rotatable bonds is 6. The molecule has 0 N–H and O–H groups in total. The summed E-state index contributed by atoms with van der Waals surface area (Å²) in [6.45, 7) is 0.0928. The Kier molecular flexibility index (Phi) is 7.38. The van der Waals surface area contributed by atoms with Gasteiger partial charge in [-0.15, -0.1) is 11.3 Å². The fraction of sp³-hybridized carbons (Fsp3) is 0.350. The van der Waals surface area contributed by atoms with Crippen molar-refractivity contribution in [1.29, 1.82) is 0 Å². The van der Waals surface area contributed by atoms with Crippen molar-refractivity contribution >= 4 is 72.1 Å². The summed E-state index contributed by atoms with van der Waals surface area (Å²) >= 11 is 7.90. The van der Waals surface area contributed by atoms with Gasteiger partial charge >= 0.3 is 5.97 Å². The van der Waals surface area contributed by atoms with Gasteiger partial charge in [-0.2, -0.15) is 9.30 Å². The summed E-state index contributed by atoms with van der Waals surface area (Å²) in [5, 5.41) is 11.1. The number of nitro benzene ring substituents is 1. The molecule has 0 unspecified atom stereocenters. The summed E-state index contributed by atoms with van der Waals surface area (Å²) in [6, 6.07) is 7.15. The zero-order chi connectivity index (χ0) is 25.3. The molecule has 4 rings (SSSR count). The van der Waals surface area contributed by atoms with Crippen LogP contribution < -0.4 is 4.80 Å². The molecule has 1 amide bonds. The van der Waals surface area contributed by atoms with Crippen LogP contribution in [0.3, 0.4) is 0 Å². The van der Waals surface area contributed by atoms with Gasteiger partial charge in [-0.1, -0.05) is 22.9 Å². The second-order valence-corrected chi connectivity index (χ2v) is 12.5. The molecule has 186 valence electrons. The Balaban J connectivity index is 1.58. The molecule has 0 atom stereocenters. The lowest BCUT2D eigenvalue weighted by Gasteiger charge is -2.29. The van der Waals surface area contributed by atoms with Crippen LogP contribution in [0.15, 0.2) is 39.5 Å². The second kappa shape index (κ2) is 10.1. The summed E-state index contributed by atoms with van der Waals surface area (Å²) in [5.41, 5.74) is 0.385. The van der Waals surface area contributed by atoms with Crippen LogP contribution in [0.1, 0.15) is 12.8 Å². The van der Waals surface area contributed by atoms with Gasteiger partial charge in [0.1, 0.15) is 10.8 Å². The average Bonchev–Trinajstić information content (AvgIpc) is 3.42. The molecule has 0 aliphatic carbocycles. The first-order valence-corrected chi connectivity index (χ1v) is 13.7. The number of amides is 1.